The van der Waals surface area contributed by atoms with Crippen LogP contribution in [-0.2, 0) is 0 Å². The molecule has 0 aromatic heterocycles. The van der Waals surface area contributed by atoms with Crippen molar-refractivity contribution < 1.29 is 9.58 Å². The van der Waals surface area contributed by atoms with Crippen LogP contribution in [0.4, 0.5) is 0 Å². The lowest BCUT2D eigenvalue weighted by Gasteiger charge is -2.07. The van der Waals surface area contributed by atoms with Crippen LogP contribution in [0.2, 0.25) is 0 Å². The highest BCUT2D eigenvalue weighted by molar-refractivity contribution is 6.04. The Morgan fingerprint density at radius 2 is 1.94 bits per heavy atom. The first-order valence-electron chi connectivity index (χ1n) is 5.03. The molecule has 0 spiro atoms. The Bertz CT molecular complexity index is 533. The fraction of sp³-hybridized carbons (Fsp3) is 0.167. The lowest BCUT2D eigenvalue weighted by Crippen LogP contribution is -2.10. The smallest absolute Gasteiger partial charge is 0.303 e. The van der Waals surface area contributed by atoms with Gasteiger partial charge in [0, 0.05) is 6.08 Å². The third-order valence-corrected chi connectivity index (χ3v) is 2.57. The second-order valence-corrected chi connectivity index (χ2v) is 3.55. The first-order chi connectivity index (χ1) is 7.85. The highest BCUT2D eigenvalue weighted by Crippen LogP contribution is 2.21. The SMILES string of the molecule is [N-]=[N+]=C1C=CC(C2=CC=CCC2=[N+]=[N-])=CC1. The molecule has 0 unspecified atom stereocenters. The molecule has 0 atom stereocenters. The van der Waals surface area contributed by atoms with E-state index in [4.69, 9.17) is 11.1 Å². The second-order valence-electron chi connectivity index (χ2n) is 3.55. The van der Waals surface area contributed by atoms with Crippen molar-refractivity contribution in [1.82, 2.24) is 0 Å². The quantitative estimate of drug-likeness (QED) is 0.469. The molecule has 2 aliphatic rings. The number of hydrogen-bond acceptors (Lipinski definition) is 0. The Hall–Kier alpha value is -2.28. The van der Waals surface area contributed by atoms with Gasteiger partial charge in [0.15, 0.2) is 0 Å². The molecular formula is C12H10N4. The highest BCUT2D eigenvalue weighted by Gasteiger charge is 2.21. The second kappa shape index (κ2) is 4.49. The summed E-state index contributed by atoms with van der Waals surface area (Å²) in [6.45, 7) is 0. The maximum absolute atomic E-state index is 8.89. The van der Waals surface area contributed by atoms with E-state index in [1.807, 2.05) is 30.4 Å². The molecule has 78 valence electrons. The topological polar surface area (TPSA) is 72.8 Å². The van der Waals surface area contributed by atoms with E-state index in [0.717, 1.165) is 11.1 Å². The normalized spacial score (nSPS) is 18.8. The predicted octanol–water partition coefficient (Wildman–Crippen LogP) is 2.10. The maximum atomic E-state index is 8.89. The Kier molecular flexibility index (Phi) is 2.88. The summed E-state index contributed by atoms with van der Waals surface area (Å²) in [7, 11) is 0. The summed E-state index contributed by atoms with van der Waals surface area (Å²) >= 11 is 0. The minimum absolute atomic E-state index is 0.585. The van der Waals surface area contributed by atoms with Gasteiger partial charge in [-0.25, -0.2) is 0 Å². The monoisotopic (exact) mass is 210 g/mol. The van der Waals surface area contributed by atoms with E-state index in [1.54, 1.807) is 6.08 Å². The van der Waals surface area contributed by atoms with Crippen molar-refractivity contribution in [3.63, 3.8) is 0 Å². The molecule has 2 rings (SSSR count). The minimum Gasteiger partial charge on any atom is -0.361 e. The van der Waals surface area contributed by atoms with Gasteiger partial charge in [-0.05, 0) is 17.7 Å². The molecule has 0 radical (unpaired) electrons. The molecule has 0 aromatic carbocycles. The fourth-order valence-electron chi connectivity index (χ4n) is 1.72. The van der Waals surface area contributed by atoms with Crippen molar-refractivity contribution in [2.75, 3.05) is 0 Å². The Balaban J connectivity index is 2.34. The number of nitrogens with zero attached hydrogens (tertiary/aromatic N) is 4. The summed E-state index contributed by atoms with van der Waals surface area (Å²) in [5, 5.41) is 0. The molecule has 0 fully saturated rings. The van der Waals surface area contributed by atoms with Gasteiger partial charge in [-0.2, -0.15) is 9.58 Å². The van der Waals surface area contributed by atoms with Crippen LogP contribution in [0, 0.1) is 0 Å². The fourth-order valence-corrected chi connectivity index (χ4v) is 1.72. The van der Waals surface area contributed by atoms with E-state index < -0.39 is 0 Å². The van der Waals surface area contributed by atoms with Gasteiger partial charge in [0.2, 0.25) is 0 Å². The van der Waals surface area contributed by atoms with Crippen LogP contribution >= 0.6 is 0 Å². The van der Waals surface area contributed by atoms with Crippen LogP contribution in [0.15, 0.2) is 47.6 Å². The summed E-state index contributed by atoms with van der Waals surface area (Å²) in [6.07, 6.45) is 12.6. The van der Waals surface area contributed by atoms with Crippen LogP contribution in [0.25, 0.3) is 11.1 Å². The van der Waals surface area contributed by atoms with Crippen molar-refractivity contribution in [3.05, 3.63) is 58.7 Å². The molecule has 2 aliphatic carbocycles. The molecule has 0 heterocycles. The third-order valence-electron chi connectivity index (χ3n) is 2.57. The molecular weight excluding hydrogens is 200 g/mol. The van der Waals surface area contributed by atoms with Crippen LogP contribution < -0.4 is 0 Å². The van der Waals surface area contributed by atoms with Crippen molar-refractivity contribution in [1.29, 1.82) is 0 Å². The Morgan fingerprint density at radius 1 is 1.06 bits per heavy atom. The largest absolute Gasteiger partial charge is 0.361 e. The minimum atomic E-state index is 0.585. The summed E-state index contributed by atoms with van der Waals surface area (Å²) in [5.41, 5.74) is 20.7. The van der Waals surface area contributed by atoms with Crippen molar-refractivity contribution in [2.45, 2.75) is 12.8 Å². The van der Waals surface area contributed by atoms with Crippen LogP contribution in [0.5, 0.6) is 0 Å². The summed E-state index contributed by atoms with van der Waals surface area (Å²) in [5.74, 6) is 0. The number of rotatable bonds is 1. The average molecular weight is 210 g/mol. The van der Waals surface area contributed by atoms with Crippen molar-refractivity contribution >= 4 is 11.4 Å². The number of allylic oxidation sites excluding steroid dienone is 8. The highest BCUT2D eigenvalue weighted by atomic mass is 14.9. The van der Waals surface area contributed by atoms with Gasteiger partial charge in [0.05, 0.1) is 18.4 Å². The summed E-state index contributed by atoms with van der Waals surface area (Å²) in [4.78, 5) is 6.42. The molecule has 4 heteroatoms. The van der Waals surface area contributed by atoms with Gasteiger partial charge in [-0.1, -0.05) is 18.2 Å². The first-order valence-corrected chi connectivity index (χ1v) is 5.03. The molecule has 0 aromatic rings. The van der Waals surface area contributed by atoms with Gasteiger partial charge in [-0.3, -0.25) is 0 Å². The van der Waals surface area contributed by atoms with E-state index >= 15 is 0 Å². The van der Waals surface area contributed by atoms with Gasteiger partial charge >= 0.3 is 5.71 Å². The Morgan fingerprint density at radius 3 is 2.56 bits per heavy atom. The van der Waals surface area contributed by atoms with E-state index in [0.29, 0.717) is 24.3 Å². The molecule has 0 N–H and O–H groups in total. The van der Waals surface area contributed by atoms with Crippen LogP contribution in [0.3, 0.4) is 0 Å². The molecule has 4 nitrogen and oxygen atoms in total. The molecule has 0 amide bonds. The molecule has 16 heavy (non-hydrogen) atoms. The first kappa shape index (κ1) is 10.2. The molecule has 0 saturated heterocycles. The van der Waals surface area contributed by atoms with Gasteiger partial charge in [0.25, 0.3) is 5.71 Å². The van der Waals surface area contributed by atoms with Crippen LogP contribution in [-0.4, -0.2) is 21.0 Å². The zero-order valence-corrected chi connectivity index (χ0v) is 8.67. The number of hydrogen-bond donors (Lipinski definition) is 0. The van der Waals surface area contributed by atoms with Crippen molar-refractivity contribution in [3.8, 4) is 0 Å². The van der Waals surface area contributed by atoms with E-state index in [2.05, 4.69) is 9.58 Å². The van der Waals surface area contributed by atoms with E-state index in [9.17, 15) is 0 Å². The zero-order chi connectivity index (χ0) is 11.4. The van der Waals surface area contributed by atoms with E-state index in [-0.39, 0.29) is 0 Å². The zero-order valence-electron chi connectivity index (χ0n) is 8.67. The standard InChI is InChI=1S/C12H10N4/c13-15-10-7-5-9(6-8-10)11-3-1-2-4-12(11)16-14/h1-3,5-7H,4,8H2. The maximum Gasteiger partial charge on any atom is 0.303 e. The molecule has 0 saturated carbocycles. The van der Waals surface area contributed by atoms with Gasteiger partial charge in [0.1, 0.15) is 0 Å². The predicted molar refractivity (Wildman–Crippen MR) is 60.9 cm³/mol. The lowest BCUT2D eigenvalue weighted by molar-refractivity contribution is -0.00678. The molecule has 0 bridgehead atoms. The van der Waals surface area contributed by atoms with Crippen molar-refractivity contribution in [2.24, 2.45) is 0 Å². The summed E-state index contributed by atoms with van der Waals surface area (Å²) in [6, 6.07) is 0. The van der Waals surface area contributed by atoms with Crippen LogP contribution in [0.1, 0.15) is 12.8 Å². The molecule has 0 aliphatic heterocycles. The lowest BCUT2D eigenvalue weighted by atomic mass is 9.91. The third kappa shape index (κ3) is 1.89. The Labute approximate surface area is 93.1 Å². The average Bonchev–Trinajstić information content (AvgIpc) is 2.39. The van der Waals surface area contributed by atoms with Gasteiger partial charge < -0.3 is 11.1 Å². The van der Waals surface area contributed by atoms with Gasteiger partial charge in [-0.15, -0.1) is 0 Å². The van der Waals surface area contributed by atoms with E-state index in [1.165, 1.54) is 0 Å². The summed E-state index contributed by atoms with van der Waals surface area (Å²) < 4.78 is 0.